The molecule has 0 atom stereocenters. The molecule has 0 fully saturated rings. The summed E-state index contributed by atoms with van der Waals surface area (Å²) in [6.07, 6.45) is -1.18. The fourth-order valence-corrected chi connectivity index (χ4v) is 3.11. The molecule has 2 amide bonds. The van der Waals surface area contributed by atoms with Gasteiger partial charge < -0.3 is 30.4 Å². The van der Waals surface area contributed by atoms with Crippen LogP contribution in [0.1, 0.15) is 10.4 Å². The van der Waals surface area contributed by atoms with Crippen LogP contribution in [-0.4, -0.2) is 38.4 Å². The van der Waals surface area contributed by atoms with Crippen molar-refractivity contribution in [3.05, 3.63) is 60.2 Å². The summed E-state index contributed by atoms with van der Waals surface area (Å²) in [6, 6.07) is 14.9. The molecule has 9 nitrogen and oxygen atoms in total. The van der Waals surface area contributed by atoms with Crippen LogP contribution in [0.15, 0.2) is 54.6 Å². The van der Waals surface area contributed by atoms with Crippen molar-refractivity contribution in [2.45, 2.75) is 0 Å². The van der Waals surface area contributed by atoms with Gasteiger partial charge in [-0.15, -0.1) is 0 Å². The Balaban J connectivity index is 1.89. The number of hydrogen-bond acceptors (Lipinski definition) is 6. The second-order valence-corrected chi connectivity index (χ2v) is 6.68. The van der Waals surface area contributed by atoms with E-state index in [1.54, 1.807) is 24.3 Å². The van der Waals surface area contributed by atoms with Crippen molar-refractivity contribution >= 4 is 29.1 Å². The van der Waals surface area contributed by atoms with Crippen LogP contribution in [0.25, 0.3) is 11.1 Å². The van der Waals surface area contributed by atoms with Crippen molar-refractivity contribution in [1.82, 2.24) is 0 Å². The first-order valence-electron chi connectivity index (χ1n) is 9.47. The fourth-order valence-electron chi connectivity index (χ4n) is 3.11. The van der Waals surface area contributed by atoms with Gasteiger partial charge in [0.25, 0.3) is 5.91 Å². The topological polar surface area (TPSA) is 132 Å². The van der Waals surface area contributed by atoms with Gasteiger partial charge in [0.15, 0.2) is 11.5 Å². The number of carbonyl (C=O) groups is 2. The van der Waals surface area contributed by atoms with Crippen LogP contribution >= 0.6 is 0 Å². The Morgan fingerprint density at radius 3 is 1.97 bits per heavy atom. The number of benzene rings is 3. The Morgan fingerprint density at radius 2 is 1.44 bits per heavy atom. The summed E-state index contributed by atoms with van der Waals surface area (Å²) < 4.78 is 16.2. The molecule has 3 aromatic carbocycles. The highest BCUT2D eigenvalue weighted by Gasteiger charge is 2.15. The highest BCUT2D eigenvalue weighted by molar-refractivity contribution is 6.06. The molecule has 32 heavy (non-hydrogen) atoms. The molecule has 0 bridgehead atoms. The Hall–Kier alpha value is -4.40. The smallest absolute Gasteiger partial charge is 0.409 e. The molecule has 0 radical (unpaired) electrons. The molecule has 0 aromatic heterocycles. The maximum absolute atomic E-state index is 12.7. The number of nitrogen functional groups attached to an aromatic ring is 1. The van der Waals surface area contributed by atoms with Crippen LogP contribution < -0.4 is 30.6 Å². The minimum Gasteiger partial charge on any atom is -0.493 e. The minimum atomic E-state index is -1.18. The highest BCUT2D eigenvalue weighted by atomic mass is 16.5. The van der Waals surface area contributed by atoms with Crippen LogP contribution in [-0.2, 0) is 0 Å². The molecule has 0 unspecified atom stereocenters. The normalized spacial score (nSPS) is 10.2. The summed E-state index contributed by atoms with van der Waals surface area (Å²) >= 11 is 0. The summed E-state index contributed by atoms with van der Waals surface area (Å²) in [5.74, 6) is 1.09. The molecule has 0 aliphatic carbocycles. The molecular weight excluding hydrogens is 414 g/mol. The molecule has 0 spiro atoms. The van der Waals surface area contributed by atoms with Gasteiger partial charge in [-0.25, -0.2) is 4.79 Å². The van der Waals surface area contributed by atoms with Crippen molar-refractivity contribution in [3.63, 3.8) is 0 Å². The monoisotopic (exact) mass is 437 g/mol. The van der Waals surface area contributed by atoms with E-state index in [1.807, 2.05) is 6.07 Å². The second kappa shape index (κ2) is 9.61. The fraction of sp³-hybridized carbons (Fsp3) is 0.130. The molecule has 3 rings (SSSR count). The van der Waals surface area contributed by atoms with Crippen molar-refractivity contribution in [1.29, 1.82) is 0 Å². The number of nitrogens with one attached hydrogen (secondary N) is 2. The summed E-state index contributed by atoms with van der Waals surface area (Å²) in [6.45, 7) is 0. The Labute approximate surface area is 184 Å². The van der Waals surface area contributed by atoms with Gasteiger partial charge in [0.05, 0.1) is 32.7 Å². The third-order valence-electron chi connectivity index (χ3n) is 4.70. The number of carboxylic acid groups (broad SMARTS) is 1. The Kier molecular flexibility index (Phi) is 6.69. The van der Waals surface area contributed by atoms with Crippen molar-refractivity contribution < 1.29 is 28.9 Å². The van der Waals surface area contributed by atoms with Crippen molar-refractivity contribution in [2.75, 3.05) is 37.7 Å². The molecule has 3 aromatic rings. The highest BCUT2D eigenvalue weighted by Crippen LogP contribution is 2.41. The van der Waals surface area contributed by atoms with Gasteiger partial charge in [-0.1, -0.05) is 6.07 Å². The van der Waals surface area contributed by atoms with Crippen LogP contribution in [0.4, 0.5) is 21.9 Å². The van der Waals surface area contributed by atoms with E-state index in [9.17, 15) is 9.59 Å². The first-order chi connectivity index (χ1) is 15.4. The van der Waals surface area contributed by atoms with Crippen molar-refractivity contribution in [3.8, 4) is 28.4 Å². The van der Waals surface area contributed by atoms with Crippen LogP contribution in [0.5, 0.6) is 17.2 Å². The van der Waals surface area contributed by atoms with Gasteiger partial charge in [-0.2, -0.15) is 0 Å². The van der Waals surface area contributed by atoms with Gasteiger partial charge in [-0.05, 0) is 59.7 Å². The molecule has 0 aliphatic rings. The number of methoxy groups -OCH3 is 3. The maximum atomic E-state index is 12.7. The van der Waals surface area contributed by atoms with Gasteiger partial charge >= 0.3 is 6.09 Å². The zero-order chi connectivity index (χ0) is 23.3. The summed E-state index contributed by atoms with van der Waals surface area (Å²) in [7, 11) is 4.60. The number of nitrogens with two attached hydrogens (primary N) is 1. The predicted molar refractivity (Wildman–Crippen MR) is 122 cm³/mol. The number of hydrogen-bond donors (Lipinski definition) is 4. The standard InChI is InChI=1S/C23H23N3O6/c1-30-19-11-15(12-20(31-2)21(19)32-3)14-6-9-17(24)18(10-14)26-22(27)13-4-7-16(8-5-13)25-23(28)29/h4-12,25H,24H2,1-3H3,(H,26,27)(H,28,29). The largest absolute Gasteiger partial charge is 0.493 e. The van der Waals surface area contributed by atoms with Gasteiger partial charge in [0.2, 0.25) is 5.75 Å². The van der Waals surface area contributed by atoms with E-state index < -0.39 is 6.09 Å². The Morgan fingerprint density at radius 1 is 0.812 bits per heavy atom. The lowest BCUT2D eigenvalue weighted by atomic mass is 10.0. The maximum Gasteiger partial charge on any atom is 0.409 e. The number of anilines is 3. The Bertz CT molecular complexity index is 1120. The molecule has 0 saturated carbocycles. The lowest BCUT2D eigenvalue weighted by molar-refractivity contribution is 0.102. The second-order valence-electron chi connectivity index (χ2n) is 6.68. The lowest BCUT2D eigenvalue weighted by Gasteiger charge is -2.15. The van der Waals surface area contributed by atoms with E-state index in [2.05, 4.69) is 10.6 Å². The van der Waals surface area contributed by atoms with E-state index in [0.717, 1.165) is 11.1 Å². The molecule has 5 N–H and O–H groups in total. The summed E-state index contributed by atoms with van der Waals surface area (Å²) in [5.41, 5.74) is 9.14. The number of carbonyl (C=O) groups excluding carboxylic acids is 1. The predicted octanol–water partition coefficient (Wildman–Crippen LogP) is 4.30. The zero-order valence-electron chi connectivity index (χ0n) is 17.8. The van der Waals surface area contributed by atoms with E-state index in [0.29, 0.717) is 39.9 Å². The SMILES string of the molecule is COc1cc(-c2ccc(N)c(NC(=O)c3ccc(NC(=O)O)cc3)c2)cc(OC)c1OC. The molecule has 0 saturated heterocycles. The summed E-state index contributed by atoms with van der Waals surface area (Å²) in [4.78, 5) is 23.4. The average Bonchev–Trinajstić information content (AvgIpc) is 2.79. The number of rotatable bonds is 7. The van der Waals surface area contributed by atoms with E-state index in [-0.39, 0.29) is 5.91 Å². The average molecular weight is 437 g/mol. The first kappa shape index (κ1) is 22.3. The zero-order valence-corrected chi connectivity index (χ0v) is 17.8. The third-order valence-corrected chi connectivity index (χ3v) is 4.70. The molecule has 0 aliphatic heterocycles. The van der Waals surface area contributed by atoms with Gasteiger partial charge in [0.1, 0.15) is 0 Å². The number of amides is 2. The van der Waals surface area contributed by atoms with Gasteiger partial charge in [0, 0.05) is 11.3 Å². The van der Waals surface area contributed by atoms with Gasteiger partial charge in [-0.3, -0.25) is 10.1 Å². The van der Waals surface area contributed by atoms with Crippen molar-refractivity contribution in [2.24, 2.45) is 0 Å². The lowest BCUT2D eigenvalue weighted by Crippen LogP contribution is -2.13. The molecular formula is C23H23N3O6. The quantitative estimate of drug-likeness (QED) is 0.405. The van der Waals surface area contributed by atoms with Crippen LogP contribution in [0, 0.1) is 0 Å². The third kappa shape index (κ3) is 4.84. The molecule has 9 heteroatoms. The summed E-state index contributed by atoms with van der Waals surface area (Å²) in [5, 5.41) is 13.8. The minimum absolute atomic E-state index is 0.346. The number of ether oxygens (including phenoxy) is 3. The van der Waals surface area contributed by atoms with Crippen LogP contribution in [0.2, 0.25) is 0 Å². The van der Waals surface area contributed by atoms with E-state index in [1.165, 1.54) is 45.6 Å². The van der Waals surface area contributed by atoms with E-state index in [4.69, 9.17) is 25.1 Å². The first-order valence-corrected chi connectivity index (χ1v) is 9.47. The van der Waals surface area contributed by atoms with E-state index >= 15 is 0 Å². The molecule has 0 heterocycles. The van der Waals surface area contributed by atoms with Crippen LogP contribution in [0.3, 0.4) is 0 Å². The molecule has 166 valence electrons.